The van der Waals surface area contributed by atoms with Gasteiger partial charge in [-0.15, -0.1) is 0 Å². The first-order valence-electron chi connectivity index (χ1n) is 7.06. The summed E-state index contributed by atoms with van der Waals surface area (Å²) < 4.78 is 5.29. The van der Waals surface area contributed by atoms with Gasteiger partial charge in [0.1, 0.15) is 11.4 Å². The van der Waals surface area contributed by atoms with Gasteiger partial charge in [-0.3, -0.25) is 10.1 Å². The van der Waals surface area contributed by atoms with Gasteiger partial charge >= 0.3 is 0 Å². The summed E-state index contributed by atoms with van der Waals surface area (Å²) in [5.74, 6) is 0.447. The summed E-state index contributed by atoms with van der Waals surface area (Å²) in [6, 6.07) is 12.3. The van der Waals surface area contributed by atoms with E-state index in [2.05, 4.69) is 10.6 Å². The Morgan fingerprint density at radius 3 is 2.57 bits per heavy atom. The molecule has 0 atom stereocenters. The van der Waals surface area contributed by atoms with Crippen LogP contribution < -0.4 is 15.4 Å². The van der Waals surface area contributed by atoms with E-state index in [-0.39, 0.29) is 10.8 Å². The van der Waals surface area contributed by atoms with Crippen LogP contribution in [0.3, 0.4) is 0 Å². The second kappa shape index (κ2) is 7.55. The Bertz CT molecular complexity index is 734. The van der Waals surface area contributed by atoms with Crippen molar-refractivity contribution in [1.82, 2.24) is 0 Å². The lowest BCUT2D eigenvalue weighted by atomic mass is 10.2. The van der Waals surface area contributed by atoms with Crippen LogP contribution in [0.2, 0.25) is 0 Å². The van der Waals surface area contributed by atoms with Crippen LogP contribution in [-0.2, 0) is 0 Å². The fourth-order valence-corrected chi connectivity index (χ4v) is 2.23. The number of nitrogens with zero attached hydrogens (tertiary/aromatic N) is 1. The molecule has 0 amide bonds. The molecule has 0 aliphatic heterocycles. The van der Waals surface area contributed by atoms with Crippen LogP contribution in [0, 0.1) is 17.0 Å². The molecule has 2 aromatic carbocycles. The van der Waals surface area contributed by atoms with Crippen molar-refractivity contribution in [3.8, 4) is 5.75 Å². The highest BCUT2D eigenvalue weighted by Gasteiger charge is 2.16. The summed E-state index contributed by atoms with van der Waals surface area (Å²) in [5.41, 5.74) is 2.09. The van der Waals surface area contributed by atoms with Crippen molar-refractivity contribution in [2.24, 2.45) is 0 Å². The van der Waals surface area contributed by atoms with Gasteiger partial charge in [0.05, 0.1) is 17.6 Å². The monoisotopic (exact) mass is 331 g/mol. The van der Waals surface area contributed by atoms with Crippen molar-refractivity contribution in [2.75, 3.05) is 17.2 Å². The normalized spacial score (nSPS) is 10.0. The number of aryl methyl sites for hydroxylation is 1. The third-order valence-electron chi connectivity index (χ3n) is 3.12. The molecular weight excluding hydrogens is 314 g/mol. The zero-order valence-corrected chi connectivity index (χ0v) is 13.6. The van der Waals surface area contributed by atoms with Crippen LogP contribution in [0.15, 0.2) is 42.5 Å². The Morgan fingerprint density at radius 2 is 1.91 bits per heavy atom. The summed E-state index contributed by atoms with van der Waals surface area (Å²) in [7, 11) is 0. The number of hydrogen-bond donors (Lipinski definition) is 2. The molecule has 2 N–H and O–H groups in total. The quantitative estimate of drug-likeness (QED) is 0.488. The van der Waals surface area contributed by atoms with Crippen molar-refractivity contribution in [2.45, 2.75) is 13.8 Å². The second-order valence-corrected chi connectivity index (χ2v) is 5.17. The van der Waals surface area contributed by atoms with E-state index in [0.717, 1.165) is 11.3 Å². The molecule has 0 aliphatic carbocycles. The number of ether oxygens (including phenoxy) is 1. The molecule has 0 radical (unpaired) electrons. The van der Waals surface area contributed by atoms with Crippen LogP contribution in [-0.4, -0.2) is 16.6 Å². The maximum Gasteiger partial charge on any atom is 0.296 e. The number of nitro benzene ring substituents is 1. The summed E-state index contributed by atoms with van der Waals surface area (Å²) in [6.45, 7) is 4.21. The van der Waals surface area contributed by atoms with Gasteiger partial charge in [0.25, 0.3) is 5.69 Å². The average Bonchev–Trinajstić information content (AvgIpc) is 2.51. The van der Waals surface area contributed by atoms with E-state index >= 15 is 0 Å². The highest BCUT2D eigenvalue weighted by molar-refractivity contribution is 7.80. The first kappa shape index (κ1) is 16.7. The van der Waals surface area contributed by atoms with Gasteiger partial charge in [0.15, 0.2) is 5.11 Å². The molecule has 0 aliphatic rings. The van der Waals surface area contributed by atoms with Crippen LogP contribution in [0.1, 0.15) is 12.5 Å². The van der Waals surface area contributed by atoms with E-state index in [0.29, 0.717) is 18.0 Å². The number of benzene rings is 2. The number of hydrogen-bond acceptors (Lipinski definition) is 4. The number of nitrogens with one attached hydrogen (secondary N) is 2. The van der Waals surface area contributed by atoms with Crippen molar-refractivity contribution < 1.29 is 9.66 Å². The van der Waals surface area contributed by atoms with Gasteiger partial charge in [0, 0.05) is 5.69 Å². The molecule has 2 aromatic rings. The van der Waals surface area contributed by atoms with Crippen LogP contribution in [0.5, 0.6) is 5.75 Å². The Balaban J connectivity index is 2.17. The topological polar surface area (TPSA) is 76.4 Å². The lowest BCUT2D eigenvalue weighted by Gasteiger charge is -2.13. The smallest absolute Gasteiger partial charge is 0.296 e. The zero-order valence-electron chi connectivity index (χ0n) is 12.8. The number of rotatable bonds is 5. The lowest BCUT2D eigenvalue weighted by Crippen LogP contribution is -2.20. The van der Waals surface area contributed by atoms with Crippen LogP contribution in [0.4, 0.5) is 17.1 Å². The van der Waals surface area contributed by atoms with Gasteiger partial charge in [-0.05, 0) is 49.8 Å². The molecule has 0 bridgehead atoms. The molecule has 0 saturated carbocycles. The predicted molar refractivity (Wildman–Crippen MR) is 95.3 cm³/mol. The number of nitro groups is 1. The summed E-state index contributed by atoms with van der Waals surface area (Å²) in [6.07, 6.45) is 0. The first-order chi connectivity index (χ1) is 11.0. The highest BCUT2D eigenvalue weighted by Crippen LogP contribution is 2.29. The van der Waals surface area contributed by atoms with E-state index in [1.54, 1.807) is 12.1 Å². The fraction of sp³-hybridized carbons (Fsp3) is 0.188. The minimum atomic E-state index is -0.471. The standard InChI is InChI=1S/C16H17N3O3S/c1-3-22-12-8-9-14(15(10-12)19(20)21)18-16(23)17-13-7-5-4-6-11(13)2/h4-10H,3H2,1-2H3,(H2,17,18,23). The van der Waals surface area contributed by atoms with Crippen molar-refractivity contribution >= 4 is 34.4 Å². The SMILES string of the molecule is CCOc1ccc(NC(=S)Nc2ccccc2C)c([N+](=O)[O-])c1. The van der Waals surface area contributed by atoms with Gasteiger partial charge < -0.3 is 15.4 Å². The zero-order chi connectivity index (χ0) is 16.8. The molecule has 0 fully saturated rings. The van der Waals surface area contributed by atoms with Gasteiger partial charge in [0.2, 0.25) is 0 Å². The van der Waals surface area contributed by atoms with Gasteiger partial charge in [-0.1, -0.05) is 18.2 Å². The fourth-order valence-electron chi connectivity index (χ4n) is 2.01. The Morgan fingerprint density at radius 1 is 1.22 bits per heavy atom. The first-order valence-corrected chi connectivity index (χ1v) is 7.47. The predicted octanol–water partition coefficient (Wildman–Crippen LogP) is 4.11. The number of thiocarbonyl (C=S) groups is 1. The van der Waals surface area contributed by atoms with E-state index in [1.165, 1.54) is 6.07 Å². The molecular formula is C16H17N3O3S. The number of anilines is 2. The van der Waals surface area contributed by atoms with Crippen molar-refractivity contribution in [3.63, 3.8) is 0 Å². The van der Waals surface area contributed by atoms with Crippen molar-refractivity contribution in [1.29, 1.82) is 0 Å². The van der Waals surface area contributed by atoms with E-state index in [1.807, 2.05) is 38.1 Å². The third-order valence-corrected chi connectivity index (χ3v) is 3.32. The number of para-hydroxylation sites is 1. The minimum absolute atomic E-state index is 0.0927. The molecule has 0 heterocycles. The molecule has 0 saturated heterocycles. The molecule has 7 heteroatoms. The summed E-state index contributed by atoms with van der Waals surface area (Å²) >= 11 is 5.23. The molecule has 0 spiro atoms. The third kappa shape index (κ3) is 4.40. The molecule has 2 rings (SSSR count). The molecule has 0 aromatic heterocycles. The Labute approximate surface area is 139 Å². The Hall–Kier alpha value is -2.67. The van der Waals surface area contributed by atoms with Crippen molar-refractivity contribution in [3.05, 3.63) is 58.1 Å². The largest absolute Gasteiger partial charge is 0.494 e. The van der Waals surface area contributed by atoms with E-state index in [4.69, 9.17) is 17.0 Å². The van der Waals surface area contributed by atoms with E-state index in [9.17, 15) is 10.1 Å². The lowest BCUT2D eigenvalue weighted by molar-refractivity contribution is -0.384. The second-order valence-electron chi connectivity index (χ2n) is 4.76. The van der Waals surface area contributed by atoms with E-state index < -0.39 is 4.92 Å². The highest BCUT2D eigenvalue weighted by atomic mass is 32.1. The maximum absolute atomic E-state index is 11.2. The Kier molecular flexibility index (Phi) is 5.48. The minimum Gasteiger partial charge on any atom is -0.494 e. The summed E-state index contributed by atoms with van der Waals surface area (Å²) in [4.78, 5) is 10.7. The van der Waals surface area contributed by atoms with Gasteiger partial charge in [-0.25, -0.2) is 0 Å². The van der Waals surface area contributed by atoms with Crippen LogP contribution in [0.25, 0.3) is 0 Å². The van der Waals surface area contributed by atoms with Gasteiger partial charge in [-0.2, -0.15) is 0 Å². The maximum atomic E-state index is 11.2. The van der Waals surface area contributed by atoms with Crippen LogP contribution >= 0.6 is 12.2 Å². The molecule has 23 heavy (non-hydrogen) atoms. The molecule has 6 nitrogen and oxygen atoms in total. The average molecular weight is 331 g/mol. The summed E-state index contributed by atoms with van der Waals surface area (Å²) in [5, 5.41) is 17.4. The molecule has 0 unspecified atom stereocenters. The molecule has 120 valence electrons.